The van der Waals surface area contributed by atoms with Crippen molar-refractivity contribution in [2.75, 3.05) is 20.5 Å². The molecule has 0 unspecified atom stereocenters. The van der Waals surface area contributed by atoms with Crippen LogP contribution >= 0.6 is 0 Å². The lowest BCUT2D eigenvalue weighted by Crippen LogP contribution is -2.46. The summed E-state index contributed by atoms with van der Waals surface area (Å²) in [5.74, 6) is -3.10. The first-order chi connectivity index (χ1) is 17.3. The van der Waals surface area contributed by atoms with Gasteiger partial charge < -0.3 is 29.0 Å². The number of methoxy groups -OCH3 is 1. The number of cyclic esters (lactones) is 2. The Morgan fingerprint density at radius 1 is 1.14 bits per heavy atom. The van der Waals surface area contributed by atoms with E-state index < -0.39 is 55.3 Å². The number of benzene rings is 1. The van der Waals surface area contributed by atoms with Crippen LogP contribution in [0.2, 0.25) is 0 Å². The molecule has 3 rings (SSSR count). The summed E-state index contributed by atoms with van der Waals surface area (Å²) in [4.78, 5) is 53.6. The minimum atomic E-state index is -1.28. The molecule has 1 aliphatic heterocycles. The molecular weight excluding hydrogens is 472 g/mol. The van der Waals surface area contributed by atoms with Gasteiger partial charge in [-0.05, 0) is 25.3 Å². The van der Waals surface area contributed by atoms with Gasteiger partial charge in [-0.1, -0.05) is 30.3 Å². The highest BCUT2D eigenvalue weighted by Gasteiger charge is 2.33. The summed E-state index contributed by atoms with van der Waals surface area (Å²) in [5, 5.41) is 2.48. The number of nitrogens with zero attached hydrogens (tertiary/aromatic N) is 1. The molecule has 2 heterocycles. The van der Waals surface area contributed by atoms with Gasteiger partial charge in [0.1, 0.15) is 6.61 Å². The molecule has 1 N–H and O–H groups in total. The van der Waals surface area contributed by atoms with Gasteiger partial charge in [-0.15, -0.1) is 0 Å². The average Bonchev–Trinajstić information content (AvgIpc) is 2.89. The van der Waals surface area contributed by atoms with Gasteiger partial charge >= 0.3 is 17.9 Å². The minimum absolute atomic E-state index is 0.0940. The molecule has 1 saturated heterocycles. The molecule has 36 heavy (non-hydrogen) atoms. The Labute approximate surface area is 208 Å². The third-order valence-corrected chi connectivity index (χ3v) is 5.34. The van der Waals surface area contributed by atoms with Crippen molar-refractivity contribution in [3.8, 4) is 11.5 Å². The van der Waals surface area contributed by atoms with E-state index in [1.165, 1.54) is 26.3 Å². The van der Waals surface area contributed by atoms with Crippen LogP contribution in [0, 0.1) is 5.92 Å². The lowest BCUT2D eigenvalue weighted by molar-refractivity contribution is -0.152. The van der Waals surface area contributed by atoms with Gasteiger partial charge in [-0.25, -0.2) is 9.78 Å². The van der Waals surface area contributed by atoms with E-state index >= 15 is 0 Å². The van der Waals surface area contributed by atoms with Crippen molar-refractivity contribution in [1.82, 2.24) is 10.3 Å². The Hall–Kier alpha value is -4.15. The molecule has 11 heteroatoms. The number of pyridine rings is 1. The van der Waals surface area contributed by atoms with Crippen LogP contribution in [0.1, 0.15) is 36.3 Å². The fourth-order valence-electron chi connectivity index (χ4n) is 3.63. The molecule has 0 saturated carbocycles. The van der Waals surface area contributed by atoms with Crippen LogP contribution < -0.4 is 14.8 Å². The Morgan fingerprint density at radius 3 is 2.58 bits per heavy atom. The topological polar surface area (TPSA) is 139 Å². The number of amides is 1. The fourth-order valence-corrected chi connectivity index (χ4v) is 3.63. The number of aromatic nitrogens is 1. The van der Waals surface area contributed by atoms with E-state index in [2.05, 4.69) is 10.3 Å². The van der Waals surface area contributed by atoms with E-state index in [4.69, 9.17) is 23.7 Å². The smallest absolute Gasteiger partial charge is 0.332 e. The predicted octanol–water partition coefficient (Wildman–Crippen LogP) is 1.83. The van der Waals surface area contributed by atoms with Crippen molar-refractivity contribution in [2.45, 2.75) is 38.8 Å². The SMILES string of the molecule is COc1ccnc(C(=O)N[C@H]2COC(=O)[C@H](Cc3ccccc3)C[C@H](C)OC2=O)c1OCOC(C)=O. The molecule has 1 aromatic heterocycles. The van der Waals surface area contributed by atoms with E-state index in [0.717, 1.165) is 5.56 Å². The second kappa shape index (κ2) is 12.5. The van der Waals surface area contributed by atoms with Crippen molar-refractivity contribution >= 4 is 23.8 Å². The number of carbonyl (C=O) groups is 4. The van der Waals surface area contributed by atoms with Crippen molar-refractivity contribution in [3.05, 3.63) is 53.9 Å². The average molecular weight is 501 g/mol. The zero-order chi connectivity index (χ0) is 26.1. The van der Waals surface area contributed by atoms with Gasteiger partial charge in [0.25, 0.3) is 5.91 Å². The van der Waals surface area contributed by atoms with E-state index in [1.54, 1.807) is 6.92 Å². The molecule has 192 valence electrons. The minimum Gasteiger partial charge on any atom is -0.493 e. The second-order valence-corrected chi connectivity index (χ2v) is 8.11. The second-order valence-electron chi connectivity index (χ2n) is 8.11. The molecule has 1 fully saturated rings. The van der Waals surface area contributed by atoms with E-state index in [9.17, 15) is 19.2 Å². The molecule has 2 aromatic rings. The Balaban J connectivity index is 1.74. The molecule has 1 aliphatic rings. The lowest BCUT2D eigenvalue weighted by Gasteiger charge is -2.19. The molecule has 0 aliphatic carbocycles. The Kier molecular flexibility index (Phi) is 9.20. The summed E-state index contributed by atoms with van der Waals surface area (Å²) in [7, 11) is 1.36. The Morgan fingerprint density at radius 2 is 1.89 bits per heavy atom. The highest BCUT2D eigenvalue weighted by molar-refractivity contribution is 5.98. The van der Waals surface area contributed by atoms with Crippen molar-refractivity contribution < 1.29 is 42.9 Å². The number of esters is 3. The van der Waals surface area contributed by atoms with Gasteiger partial charge in [0.05, 0.1) is 19.1 Å². The standard InChI is InChI=1S/C25H28N2O9/c1-15-11-18(12-17-7-5-4-6-8-17)24(30)33-13-19(25(31)36-15)27-23(29)21-22(35-14-34-16(2)28)20(32-3)9-10-26-21/h4-10,15,18-19H,11-14H2,1-3H3,(H,27,29)/t15-,18-,19-/m0/s1. The fraction of sp³-hybridized carbons (Fsp3) is 0.400. The maximum absolute atomic E-state index is 13.0. The van der Waals surface area contributed by atoms with Crippen LogP contribution in [0.25, 0.3) is 0 Å². The first-order valence-electron chi connectivity index (χ1n) is 11.3. The number of nitrogens with one attached hydrogen (secondary N) is 1. The molecule has 11 nitrogen and oxygen atoms in total. The zero-order valence-corrected chi connectivity index (χ0v) is 20.2. The van der Waals surface area contributed by atoms with Crippen LogP contribution in [0.15, 0.2) is 42.6 Å². The maximum atomic E-state index is 13.0. The summed E-state index contributed by atoms with van der Waals surface area (Å²) >= 11 is 0. The summed E-state index contributed by atoms with van der Waals surface area (Å²) in [6.07, 6.45) is 1.42. The van der Waals surface area contributed by atoms with Gasteiger partial charge in [0, 0.05) is 19.2 Å². The lowest BCUT2D eigenvalue weighted by atomic mass is 9.94. The largest absolute Gasteiger partial charge is 0.493 e. The Bertz CT molecular complexity index is 1090. The van der Waals surface area contributed by atoms with Gasteiger partial charge in [-0.3, -0.25) is 14.4 Å². The number of rotatable bonds is 8. The molecule has 0 spiro atoms. The highest BCUT2D eigenvalue weighted by Crippen LogP contribution is 2.29. The third kappa shape index (κ3) is 7.17. The zero-order valence-electron chi connectivity index (χ0n) is 20.2. The van der Waals surface area contributed by atoms with Crippen molar-refractivity contribution in [2.24, 2.45) is 5.92 Å². The first-order valence-corrected chi connectivity index (χ1v) is 11.3. The van der Waals surface area contributed by atoms with Crippen molar-refractivity contribution in [1.29, 1.82) is 0 Å². The molecule has 1 aromatic carbocycles. The van der Waals surface area contributed by atoms with Gasteiger partial charge in [0.2, 0.25) is 6.79 Å². The highest BCUT2D eigenvalue weighted by atomic mass is 16.7. The van der Waals surface area contributed by atoms with E-state index in [1.807, 2.05) is 30.3 Å². The number of carbonyl (C=O) groups excluding carboxylic acids is 4. The predicted molar refractivity (Wildman–Crippen MR) is 124 cm³/mol. The van der Waals surface area contributed by atoms with Crippen LogP contribution in [0.3, 0.4) is 0 Å². The van der Waals surface area contributed by atoms with Crippen molar-refractivity contribution in [3.63, 3.8) is 0 Å². The number of ether oxygens (including phenoxy) is 5. The van der Waals surface area contributed by atoms with E-state index in [0.29, 0.717) is 6.42 Å². The molecule has 0 radical (unpaired) electrons. The van der Waals surface area contributed by atoms with E-state index in [-0.39, 0.29) is 23.6 Å². The summed E-state index contributed by atoms with van der Waals surface area (Å²) in [5.41, 5.74) is 0.725. The van der Waals surface area contributed by atoms with Gasteiger partial charge in [-0.2, -0.15) is 0 Å². The monoisotopic (exact) mass is 500 g/mol. The summed E-state index contributed by atoms with van der Waals surface area (Å²) in [6, 6.07) is 9.61. The first kappa shape index (κ1) is 26.5. The number of hydrogen-bond donors (Lipinski definition) is 1. The summed E-state index contributed by atoms with van der Waals surface area (Å²) < 4.78 is 26.2. The van der Waals surface area contributed by atoms with Crippen LogP contribution in [-0.4, -0.2) is 61.5 Å². The quantitative estimate of drug-likeness (QED) is 0.324. The number of hydrogen-bond acceptors (Lipinski definition) is 10. The molecule has 3 atom stereocenters. The molecular formula is C25H28N2O9. The van der Waals surface area contributed by atoms with Crippen LogP contribution in [-0.2, 0) is 35.0 Å². The third-order valence-electron chi connectivity index (χ3n) is 5.34. The molecule has 0 bridgehead atoms. The summed E-state index contributed by atoms with van der Waals surface area (Å²) in [6.45, 7) is 1.97. The van der Waals surface area contributed by atoms with Crippen LogP contribution in [0.5, 0.6) is 11.5 Å². The van der Waals surface area contributed by atoms with Crippen LogP contribution in [0.4, 0.5) is 0 Å². The normalized spacial score (nSPS) is 20.0. The van der Waals surface area contributed by atoms with Gasteiger partial charge in [0.15, 0.2) is 23.2 Å². The molecule has 1 amide bonds. The maximum Gasteiger partial charge on any atom is 0.332 e.